The Hall–Kier alpha value is -2.21. The molecule has 2 atom stereocenters. The molecule has 1 amide bonds. The fourth-order valence-electron chi connectivity index (χ4n) is 2.78. The molecule has 110 valence electrons. The largest absolute Gasteiger partial charge is 0.328 e. The molecule has 0 bridgehead atoms. The molecular formula is C15H19N5O. The Morgan fingerprint density at radius 3 is 2.95 bits per heavy atom. The summed E-state index contributed by atoms with van der Waals surface area (Å²) in [5, 5.41) is 10.9. The van der Waals surface area contributed by atoms with Crippen molar-refractivity contribution < 1.29 is 4.79 Å². The van der Waals surface area contributed by atoms with Gasteiger partial charge >= 0.3 is 0 Å². The summed E-state index contributed by atoms with van der Waals surface area (Å²) in [4.78, 5) is 12.2. The Labute approximate surface area is 123 Å². The number of anilines is 1. The third kappa shape index (κ3) is 2.95. The van der Waals surface area contributed by atoms with Gasteiger partial charge in [-0.15, -0.1) is 10.2 Å². The van der Waals surface area contributed by atoms with Crippen LogP contribution < -0.4 is 11.1 Å². The van der Waals surface area contributed by atoms with Crippen molar-refractivity contribution in [3.05, 3.63) is 30.6 Å². The number of carbonyl (C=O) groups excluding carboxylic acids is 1. The first kappa shape index (κ1) is 13.8. The van der Waals surface area contributed by atoms with Crippen LogP contribution in [-0.2, 0) is 11.8 Å². The molecule has 3 N–H and O–H groups in total. The number of hydrogen-bond acceptors (Lipinski definition) is 4. The highest BCUT2D eigenvalue weighted by Gasteiger charge is 2.27. The summed E-state index contributed by atoms with van der Waals surface area (Å²) in [6.45, 7) is 0. The van der Waals surface area contributed by atoms with Gasteiger partial charge < -0.3 is 15.6 Å². The van der Waals surface area contributed by atoms with Gasteiger partial charge in [-0.1, -0.05) is 12.1 Å². The van der Waals surface area contributed by atoms with E-state index in [1.54, 1.807) is 6.33 Å². The Morgan fingerprint density at radius 1 is 1.43 bits per heavy atom. The summed E-state index contributed by atoms with van der Waals surface area (Å²) in [6, 6.07) is 7.81. The molecule has 2 unspecified atom stereocenters. The summed E-state index contributed by atoms with van der Waals surface area (Å²) in [5.41, 5.74) is 7.57. The van der Waals surface area contributed by atoms with E-state index in [2.05, 4.69) is 15.5 Å². The van der Waals surface area contributed by atoms with Crippen LogP contribution in [0, 0.1) is 5.92 Å². The van der Waals surface area contributed by atoms with Gasteiger partial charge in [0.1, 0.15) is 6.33 Å². The number of hydrogen-bond donors (Lipinski definition) is 2. The molecule has 3 rings (SSSR count). The summed E-state index contributed by atoms with van der Waals surface area (Å²) in [7, 11) is 1.89. The number of benzene rings is 1. The Bertz CT molecular complexity index is 651. The first-order chi connectivity index (χ1) is 10.1. The normalized spacial score (nSPS) is 21.4. The summed E-state index contributed by atoms with van der Waals surface area (Å²) < 4.78 is 1.84. The molecule has 1 aromatic carbocycles. The maximum Gasteiger partial charge on any atom is 0.227 e. The number of aryl methyl sites for hydroxylation is 1. The predicted octanol–water partition coefficient (Wildman–Crippen LogP) is 1.55. The van der Waals surface area contributed by atoms with Crippen molar-refractivity contribution in [2.24, 2.45) is 18.7 Å². The second-order valence-electron chi connectivity index (χ2n) is 5.61. The van der Waals surface area contributed by atoms with Gasteiger partial charge in [0.15, 0.2) is 5.82 Å². The molecule has 1 fully saturated rings. The lowest BCUT2D eigenvalue weighted by molar-refractivity contribution is -0.119. The topological polar surface area (TPSA) is 85.8 Å². The van der Waals surface area contributed by atoms with Crippen LogP contribution in [-0.4, -0.2) is 26.7 Å². The van der Waals surface area contributed by atoms with Gasteiger partial charge in [-0.25, -0.2) is 0 Å². The van der Waals surface area contributed by atoms with E-state index in [1.807, 2.05) is 35.9 Å². The highest BCUT2D eigenvalue weighted by Crippen LogP contribution is 2.26. The monoisotopic (exact) mass is 285 g/mol. The molecule has 6 nitrogen and oxygen atoms in total. The lowest BCUT2D eigenvalue weighted by Crippen LogP contribution is -2.23. The lowest BCUT2D eigenvalue weighted by atomic mass is 10.1. The van der Waals surface area contributed by atoms with Crippen molar-refractivity contribution in [1.82, 2.24) is 14.8 Å². The molecular weight excluding hydrogens is 266 g/mol. The molecule has 0 aliphatic heterocycles. The Balaban J connectivity index is 1.75. The number of nitrogens with one attached hydrogen (secondary N) is 1. The summed E-state index contributed by atoms with van der Waals surface area (Å²) in [5.74, 6) is 0.852. The maximum atomic E-state index is 12.2. The van der Waals surface area contributed by atoms with E-state index in [0.717, 1.165) is 36.3 Å². The molecule has 0 radical (unpaired) electrons. The fraction of sp³-hybridized carbons (Fsp3) is 0.400. The van der Waals surface area contributed by atoms with Crippen LogP contribution in [0.15, 0.2) is 30.6 Å². The van der Waals surface area contributed by atoms with Crippen LogP contribution in [0.1, 0.15) is 19.3 Å². The van der Waals surface area contributed by atoms with Crippen LogP contribution in [0.25, 0.3) is 11.4 Å². The molecule has 1 heterocycles. The van der Waals surface area contributed by atoms with E-state index in [4.69, 9.17) is 5.73 Å². The molecule has 0 saturated heterocycles. The first-order valence-electron chi connectivity index (χ1n) is 7.14. The number of nitrogens with two attached hydrogens (primary N) is 1. The fourth-order valence-corrected chi connectivity index (χ4v) is 2.78. The van der Waals surface area contributed by atoms with Gasteiger partial charge in [0, 0.05) is 30.3 Å². The highest BCUT2D eigenvalue weighted by molar-refractivity contribution is 5.93. The van der Waals surface area contributed by atoms with Crippen molar-refractivity contribution in [2.45, 2.75) is 25.3 Å². The quantitative estimate of drug-likeness (QED) is 0.896. The van der Waals surface area contributed by atoms with Crippen molar-refractivity contribution in [3.63, 3.8) is 0 Å². The summed E-state index contributed by atoms with van der Waals surface area (Å²) >= 11 is 0. The first-order valence-corrected chi connectivity index (χ1v) is 7.14. The molecule has 1 saturated carbocycles. The van der Waals surface area contributed by atoms with Crippen LogP contribution in [0.3, 0.4) is 0 Å². The zero-order valence-corrected chi connectivity index (χ0v) is 12.0. The Morgan fingerprint density at radius 2 is 2.29 bits per heavy atom. The van der Waals surface area contributed by atoms with E-state index in [0.29, 0.717) is 0 Å². The minimum atomic E-state index is 0.0264. The molecule has 1 aliphatic carbocycles. The third-order valence-corrected chi connectivity index (χ3v) is 3.94. The second-order valence-corrected chi connectivity index (χ2v) is 5.61. The van der Waals surface area contributed by atoms with E-state index in [1.165, 1.54) is 0 Å². The van der Waals surface area contributed by atoms with Crippen molar-refractivity contribution in [1.29, 1.82) is 0 Å². The standard InChI is InChI=1S/C15H19N5O/c1-20-9-17-19-14(20)10-3-2-4-13(8-10)18-15(21)11-5-6-12(16)7-11/h2-4,8-9,11-12H,5-7,16H2,1H3,(H,18,21). The number of nitrogens with zero attached hydrogens (tertiary/aromatic N) is 3. The van der Waals surface area contributed by atoms with Gasteiger partial charge in [-0.3, -0.25) is 4.79 Å². The average molecular weight is 285 g/mol. The number of aromatic nitrogens is 3. The van der Waals surface area contributed by atoms with Gasteiger partial charge in [-0.2, -0.15) is 0 Å². The van der Waals surface area contributed by atoms with Crippen molar-refractivity contribution >= 4 is 11.6 Å². The minimum Gasteiger partial charge on any atom is -0.328 e. The van der Waals surface area contributed by atoms with Crippen LogP contribution >= 0.6 is 0 Å². The molecule has 21 heavy (non-hydrogen) atoms. The van der Waals surface area contributed by atoms with Crippen molar-refractivity contribution in [2.75, 3.05) is 5.32 Å². The zero-order chi connectivity index (χ0) is 14.8. The molecule has 0 spiro atoms. The molecule has 6 heteroatoms. The van der Waals surface area contributed by atoms with Crippen LogP contribution in [0.4, 0.5) is 5.69 Å². The SMILES string of the molecule is Cn1cnnc1-c1cccc(NC(=O)C2CCC(N)C2)c1. The van der Waals surface area contributed by atoms with E-state index in [-0.39, 0.29) is 17.9 Å². The minimum absolute atomic E-state index is 0.0264. The highest BCUT2D eigenvalue weighted by atomic mass is 16.1. The zero-order valence-electron chi connectivity index (χ0n) is 12.0. The maximum absolute atomic E-state index is 12.2. The molecule has 1 aliphatic rings. The van der Waals surface area contributed by atoms with Gasteiger partial charge in [-0.05, 0) is 31.4 Å². The lowest BCUT2D eigenvalue weighted by Gasteiger charge is -2.11. The van der Waals surface area contributed by atoms with Gasteiger partial charge in [0.2, 0.25) is 5.91 Å². The smallest absolute Gasteiger partial charge is 0.227 e. The van der Waals surface area contributed by atoms with Gasteiger partial charge in [0.25, 0.3) is 0 Å². The van der Waals surface area contributed by atoms with E-state index < -0.39 is 0 Å². The number of rotatable bonds is 3. The third-order valence-electron chi connectivity index (χ3n) is 3.94. The van der Waals surface area contributed by atoms with Crippen LogP contribution in [0.5, 0.6) is 0 Å². The molecule has 2 aromatic rings. The average Bonchev–Trinajstić information content (AvgIpc) is 3.08. The molecule has 1 aromatic heterocycles. The van der Waals surface area contributed by atoms with E-state index in [9.17, 15) is 4.79 Å². The number of amides is 1. The van der Waals surface area contributed by atoms with Crippen LogP contribution in [0.2, 0.25) is 0 Å². The number of carbonyl (C=O) groups is 1. The van der Waals surface area contributed by atoms with Crippen molar-refractivity contribution in [3.8, 4) is 11.4 Å². The van der Waals surface area contributed by atoms with Gasteiger partial charge in [0.05, 0.1) is 0 Å². The second kappa shape index (κ2) is 5.65. The summed E-state index contributed by atoms with van der Waals surface area (Å²) in [6.07, 6.45) is 4.22. The Kier molecular flexibility index (Phi) is 3.70. The predicted molar refractivity (Wildman–Crippen MR) is 80.4 cm³/mol. The van der Waals surface area contributed by atoms with E-state index >= 15 is 0 Å².